The predicted octanol–water partition coefficient (Wildman–Crippen LogP) is 3.88. The van der Waals surface area contributed by atoms with Crippen molar-refractivity contribution in [1.82, 2.24) is 9.88 Å². The van der Waals surface area contributed by atoms with E-state index in [4.69, 9.17) is 4.74 Å². The second-order valence-electron chi connectivity index (χ2n) is 6.33. The van der Waals surface area contributed by atoms with Gasteiger partial charge in [-0.15, -0.1) is 0 Å². The van der Waals surface area contributed by atoms with E-state index in [9.17, 15) is 4.79 Å². The fraction of sp³-hybridized carbons (Fsp3) is 0.182. The van der Waals surface area contributed by atoms with Gasteiger partial charge in [-0.2, -0.15) is 0 Å². The number of amides is 1. The first-order valence-corrected chi connectivity index (χ1v) is 8.71. The molecule has 26 heavy (non-hydrogen) atoms. The molecule has 4 rings (SSSR count). The number of hydrogen-bond donors (Lipinski definition) is 0. The summed E-state index contributed by atoms with van der Waals surface area (Å²) in [5, 5.41) is 0. The summed E-state index contributed by atoms with van der Waals surface area (Å²) in [6, 6.07) is 19.7. The molecule has 4 heteroatoms. The van der Waals surface area contributed by atoms with E-state index in [1.165, 1.54) is 5.56 Å². The summed E-state index contributed by atoms with van der Waals surface area (Å²) in [5.74, 6) is 0.886. The monoisotopic (exact) mass is 344 g/mol. The molecular formula is C22H20N2O2. The van der Waals surface area contributed by atoms with E-state index in [-0.39, 0.29) is 11.9 Å². The number of carbonyl (C=O) groups is 1. The topological polar surface area (TPSA) is 42.4 Å². The molecule has 4 nitrogen and oxygen atoms in total. The molecule has 0 saturated carbocycles. The van der Waals surface area contributed by atoms with Gasteiger partial charge in [-0.25, -0.2) is 0 Å². The van der Waals surface area contributed by atoms with Crippen LogP contribution in [0.4, 0.5) is 0 Å². The number of hydrogen-bond acceptors (Lipinski definition) is 3. The Morgan fingerprint density at radius 1 is 1.08 bits per heavy atom. The van der Waals surface area contributed by atoms with Crippen LogP contribution in [0.25, 0.3) is 0 Å². The molecular weight excluding hydrogens is 324 g/mol. The lowest BCUT2D eigenvalue weighted by molar-refractivity contribution is 0.0693. The number of ether oxygens (including phenoxy) is 1. The van der Waals surface area contributed by atoms with Gasteiger partial charge in [-0.1, -0.05) is 42.5 Å². The van der Waals surface area contributed by atoms with Crippen LogP contribution in [0, 0.1) is 0 Å². The highest BCUT2D eigenvalue weighted by Crippen LogP contribution is 2.39. The first-order valence-electron chi connectivity index (χ1n) is 8.71. The molecule has 1 aliphatic heterocycles. The summed E-state index contributed by atoms with van der Waals surface area (Å²) in [6.45, 7) is 0.640. The minimum Gasteiger partial charge on any atom is -0.496 e. The molecule has 1 unspecified atom stereocenters. The Hall–Kier alpha value is -3.14. The lowest BCUT2D eigenvalue weighted by Gasteiger charge is -2.38. The van der Waals surface area contributed by atoms with Crippen molar-refractivity contribution in [3.63, 3.8) is 0 Å². The molecule has 1 atom stereocenters. The molecule has 1 amide bonds. The van der Waals surface area contributed by atoms with Crippen LogP contribution in [-0.2, 0) is 6.42 Å². The van der Waals surface area contributed by atoms with Crippen LogP contribution in [0.3, 0.4) is 0 Å². The van der Waals surface area contributed by atoms with E-state index in [0.29, 0.717) is 12.1 Å². The Labute approximate surface area is 153 Å². The lowest BCUT2D eigenvalue weighted by Crippen LogP contribution is -2.40. The molecule has 3 aromatic rings. The molecule has 0 radical (unpaired) electrons. The van der Waals surface area contributed by atoms with Gasteiger partial charge in [0.2, 0.25) is 0 Å². The van der Waals surface area contributed by atoms with Gasteiger partial charge in [0.25, 0.3) is 5.91 Å². The quantitative estimate of drug-likeness (QED) is 0.724. The molecule has 0 N–H and O–H groups in total. The summed E-state index contributed by atoms with van der Waals surface area (Å²) in [7, 11) is 1.69. The van der Waals surface area contributed by atoms with Crippen molar-refractivity contribution >= 4 is 5.91 Å². The second kappa shape index (κ2) is 7.00. The van der Waals surface area contributed by atoms with Gasteiger partial charge in [-0.05, 0) is 35.7 Å². The third-order valence-corrected chi connectivity index (χ3v) is 4.88. The van der Waals surface area contributed by atoms with Crippen molar-refractivity contribution < 1.29 is 9.53 Å². The molecule has 0 fully saturated rings. The van der Waals surface area contributed by atoms with Crippen molar-refractivity contribution in [2.75, 3.05) is 13.7 Å². The van der Waals surface area contributed by atoms with Crippen molar-refractivity contribution in [2.45, 2.75) is 12.5 Å². The summed E-state index contributed by atoms with van der Waals surface area (Å²) in [5.41, 5.74) is 4.01. The highest BCUT2D eigenvalue weighted by atomic mass is 16.5. The lowest BCUT2D eigenvalue weighted by atomic mass is 9.87. The van der Waals surface area contributed by atoms with Gasteiger partial charge in [0.05, 0.1) is 18.7 Å². The minimum absolute atomic E-state index is 0.000392. The van der Waals surface area contributed by atoms with Gasteiger partial charge in [0, 0.05) is 24.5 Å². The Bertz CT molecular complexity index is 910. The standard InChI is InChI=1S/C22H20N2O2/c1-26-20-11-5-10-19-18(20)12-14-24(21(19)16-7-3-2-4-8-16)22(25)17-9-6-13-23-15-17/h2-11,13,15,21H,12,14H2,1H3. The number of pyridine rings is 1. The molecule has 0 spiro atoms. The molecule has 130 valence electrons. The van der Waals surface area contributed by atoms with Crippen LogP contribution in [0.15, 0.2) is 73.1 Å². The molecule has 0 saturated heterocycles. The van der Waals surface area contributed by atoms with E-state index in [1.807, 2.05) is 41.3 Å². The summed E-state index contributed by atoms with van der Waals surface area (Å²) in [4.78, 5) is 19.2. The summed E-state index contributed by atoms with van der Waals surface area (Å²) in [6.07, 6.45) is 4.09. The molecule has 1 aliphatic rings. The van der Waals surface area contributed by atoms with Crippen LogP contribution in [0.2, 0.25) is 0 Å². The van der Waals surface area contributed by atoms with Gasteiger partial charge in [0.1, 0.15) is 5.75 Å². The number of nitrogens with zero attached hydrogens (tertiary/aromatic N) is 2. The number of methoxy groups -OCH3 is 1. The minimum atomic E-state index is -0.136. The number of rotatable bonds is 3. The SMILES string of the molecule is COc1cccc2c1CCN(C(=O)c1cccnc1)C2c1ccccc1. The zero-order valence-corrected chi connectivity index (χ0v) is 14.6. The Kier molecular flexibility index (Phi) is 4.40. The van der Waals surface area contributed by atoms with Crippen LogP contribution < -0.4 is 4.74 Å². The Balaban J connectivity index is 1.83. The number of carbonyl (C=O) groups excluding carboxylic acids is 1. The normalized spacial score (nSPS) is 16.0. The molecule has 2 aromatic carbocycles. The van der Waals surface area contributed by atoms with Crippen molar-refractivity contribution in [1.29, 1.82) is 0 Å². The van der Waals surface area contributed by atoms with Gasteiger partial charge < -0.3 is 9.64 Å². The average molecular weight is 344 g/mol. The maximum Gasteiger partial charge on any atom is 0.256 e. The van der Waals surface area contributed by atoms with E-state index in [2.05, 4.69) is 23.2 Å². The second-order valence-corrected chi connectivity index (χ2v) is 6.33. The van der Waals surface area contributed by atoms with Crippen molar-refractivity contribution in [2.24, 2.45) is 0 Å². The third-order valence-electron chi connectivity index (χ3n) is 4.88. The van der Waals surface area contributed by atoms with Crippen LogP contribution >= 0.6 is 0 Å². The third kappa shape index (κ3) is 2.84. The van der Waals surface area contributed by atoms with Gasteiger partial charge in [0.15, 0.2) is 0 Å². The van der Waals surface area contributed by atoms with E-state index in [0.717, 1.165) is 23.3 Å². The fourth-order valence-electron chi connectivity index (χ4n) is 3.70. The smallest absolute Gasteiger partial charge is 0.256 e. The Morgan fingerprint density at radius 2 is 1.92 bits per heavy atom. The maximum atomic E-state index is 13.2. The number of fused-ring (bicyclic) bond motifs is 1. The van der Waals surface area contributed by atoms with Crippen LogP contribution in [0.1, 0.15) is 33.1 Å². The Morgan fingerprint density at radius 3 is 2.65 bits per heavy atom. The summed E-state index contributed by atoms with van der Waals surface area (Å²) < 4.78 is 5.56. The van der Waals surface area contributed by atoms with Crippen LogP contribution in [0.5, 0.6) is 5.75 Å². The van der Waals surface area contributed by atoms with E-state index in [1.54, 1.807) is 25.6 Å². The van der Waals surface area contributed by atoms with E-state index >= 15 is 0 Å². The highest BCUT2D eigenvalue weighted by molar-refractivity contribution is 5.94. The first-order chi connectivity index (χ1) is 12.8. The number of aromatic nitrogens is 1. The maximum absolute atomic E-state index is 13.2. The van der Waals surface area contributed by atoms with Crippen molar-refractivity contribution in [3.05, 3.63) is 95.3 Å². The zero-order chi connectivity index (χ0) is 17.9. The van der Waals surface area contributed by atoms with Gasteiger partial charge >= 0.3 is 0 Å². The zero-order valence-electron chi connectivity index (χ0n) is 14.6. The molecule has 2 heterocycles. The molecule has 0 aliphatic carbocycles. The first kappa shape index (κ1) is 16.3. The van der Waals surface area contributed by atoms with Crippen LogP contribution in [-0.4, -0.2) is 29.4 Å². The predicted molar refractivity (Wildman–Crippen MR) is 100 cm³/mol. The molecule has 0 bridgehead atoms. The highest BCUT2D eigenvalue weighted by Gasteiger charge is 2.33. The van der Waals surface area contributed by atoms with Gasteiger partial charge in [-0.3, -0.25) is 9.78 Å². The summed E-state index contributed by atoms with van der Waals surface area (Å²) >= 11 is 0. The fourth-order valence-corrected chi connectivity index (χ4v) is 3.70. The average Bonchev–Trinajstić information content (AvgIpc) is 2.73. The van der Waals surface area contributed by atoms with E-state index < -0.39 is 0 Å². The molecule has 1 aromatic heterocycles. The van der Waals surface area contributed by atoms with Crippen molar-refractivity contribution in [3.8, 4) is 5.75 Å². The largest absolute Gasteiger partial charge is 0.496 e. The number of benzene rings is 2.